The molecule has 29 heavy (non-hydrogen) atoms. The molecular weight excluding hydrogens is 364 g/mol. The molecule has 1 aliphatic carbocycles. The largest absolute Gasteiger partial charge is 0.325 e. The van der Waals surface area contributed by atoms with Crippen LogP contribution in [0.4, 0.5) is 5.69 Å². The van der Waals surface area contributed by atoms with Gasteiger partial charge in [0.25, 0.3) is 0 Å². The van der Waals surface area contributed by atoms with E-state index < -0.39 is 5.41 Å². The standard InChI is InChI=1S/C22H28N6O/c1-14-8-9-16-13-28(24-3)20(12-17(16)15(14)2)22(10-11-25-27-23)18-6-4-5-7-19(18)26-21(22)29/h4-7,14-17,20H,8-13H2,1-2H3,(H,26,29)/t14-,15-,16-,17+,20-,22-/m0/s1. The first-order valence-corrected chi connectivity index (χ1v) is 10.6. The number of fused-ring (bicyclic) bond motifs is 2. The first-order chi connectivity index (χ1) is 14.0. The second-order valence-electron chi connectivity index (χ2n) is 8.99. The molecule has 4 rings (SSSR count). The quantitative estimate of drug-likeness (QED) is 0.346. The van der Waals surface area contributed by atoms with Crippen molar-refractivity contribution in [3.8, 4) is 0 Å². The van der Waals surface area contributed by atoms with Gasteiger partial charge in [0, 0.05) is 17.1 Å². The SMILES string of the molecule is [C-]#[N+]N1C[C@@H]2CC[C@H](C)[C@H](C)[C@H]2C[C@H]1[C@@]1(CCN=[N+]=[N-])C(=O)Nc2ccccc21. The van der Waals surface area contributed by atoms with Gasteiger partial charge in [0.05, 0.1) is 6.54 Å². The number of hydrogen-bond acceptors (Lipinski definition) is 3. The van der Waals surface area contributed by atoms with Gasteiger partial charge < -0.3 is 5.32 Å². The van der Waals surface area contributed by atoms with Gasteiger partial charge in [0.1, 0.15) is 11.5 Å². The average molecular weight is 393 g/mol. The van der Waals surface area contributed by atoms with Gasteiger partial charge in [-0.05, 0) is 60.1 Å². The van der Waals surface area contributed by atoms with Crippen molar-refractivity contribution in [2.75, 3.05) is 18.4 Å². The van der Waals surface area contributed by atoms with Gasteiger partial charge in [0.2, 0.25) is 5.91 Å². The van der Waals surface area contributed by atoms with Crippen LogP contribution in [0.3, 0.4) is 0 Å². The van der Waals surface area contributed by atoms with E-state index in [1.165, 1.54) is 6.42 Å². The van der Waals surface area contributed by atoms with Crippen molar-refractivity contribution in [1.29, 1.82) is 0 Å². The maximum atomic E-state index is 13.4. The number of nitrogens with zero attached hydrogens (tertiary/aromatic N) is 5. The van der Waals surface area contributed by atoms with E-state index in [0.29, 0.717) is 36.6 Å². The Balaban J connectivity index is 1.78. The fourth-order valence-corrected chi connectivity index (χ4v) is 6.11. The topological polar surface area (TPSA) is 85.5 Å². The summed E-state index contributed by atoms with van der Waals surface area (Å²) in [4.78, 5) is 20.2. The molecule has 7 nitrogen and oxygen atoms in total. The van der Waals surface area contributed by atoms with Gasteiger partial charge in [-0.15, -0.1) is 5.01 Å². The number of carbonyl (C=O) groups is 1. The molecule has 0 aromatic heterocycles. The fraction of sp³-hybridized carbons (Fsp3) is 0.636. The third kappa shape index (κ3) is 3.03. The highest BCUT2D eigenvalue weighted by molar-refractivity contribution is 6.07. The van der Waals surface area contributed by atoms with Crippen LogP contribution >= 0.6 is 0 Å². The zero-order valence-corrected chi connectivity index (χ0v) is 17.1. The summed E-state index contributed by atoms with van der Waals surface area (Å²) in [5, 5.41) is 8.63. The van der Waals surface area contributed by atoms with Crippen LogP contribution in [0, 0.1) is 30.2 Å². The summed E-state index contributed by atoms with van der Waals surface area (Å²) in [6.07, 6.45) is 3.61. The molecule has 0 bridgehead atoms. The first kappa shape index (κ1) is 19.6. The highest BCUT2D eigenvalue weighted by Gasteiger charge is 2.59. The lowest BCUT2D eigenvalue weighted by atomic mass is 9.59. The Morgan fingerprint density at radius 3 is 2.90 bits per heavy atom. The summed E-state index contributed by atoms with van der Waals surface area (Å²) in [6, 6.07) is 7.55. The third-order valence-corrected chi connectivity index (χ3v) is 7.88. The molecule has 1 aromatic rings. The molecule has 2 heterocycles. The minimum absolute atomic E-state index is 0.0690. The van der Waals surface area contributed by atoms with Gasteiger partial charge >= 0.3 is 0 Å². The number of nitrogens with one attached hydrogen (secondary N) is 1. The van der Waals surface area contributed by atoms with Crippen molar-refractivity contribution in [2.45, 2.75) is 51.0 Å². The molecule has 1 amide bonds. The summed E-state index contributed by atoms with van der Waals surface area (Å²) in [5.74, 6) is 2.21. The highest BCUT2D eigenvalue weighted by Crippen LogP contribution is 2.52. The maximum Gasteiger partial charge on any atom is 0.237 e. The Bertz CT molecular complexity index is 888. The van der Waals surface area contributed by atoms with E-state index in [1.54, 1.807) is 0 Å². The van der Waals surface area contributed by atoms with E-state index in [0.717, 1.165) is 24.1 Å². The Morgan fingerprint density at radius 2 is 2.14 bits per heavy atom. The molecule has 0 unspecified atom stereocenters. The lowest BCUT2D eigenvalue weighted by Gasteiger charge is -2.50. The van der Waals surface area contributed by atoms with Crippen LogP contribution in [-0.4, -0.2) is 30.0 Å². The minimum Gasteiger partial charge on any atom is -0.325 e. The van der Waals surface area contributed by atoms with Crippen LogP contribution in [0.25, 0.3) is 15.4 Å². The first-order valence-electron chi connectivity index (χ1n) is 10.6. The molecular formula is C22H28N6O. The highest BCUT2D eigenvalue weighted by atomic mass is 16.2. The minimum atomic E-state index is -0.860. The third-order valence-electron chi connectivity index (χ3n) is 7.88. The van der Waals surface area contributed by atoms with Crippen LogP contribution in [0.2, 0.25) is 0 Å². The summed E-state index contributed by atoms with van der Waals surface area (Å²) in [6.45, 7) is 13.5. The number of hydrogen-bond donors (Lipinski definition) is 1. The van der Waals surface area contributed by atoms with E-state index in [2.05, 4.69) is 34.1 Å². The molecule has 152 valence electrons. The van der Waals surface area contributed by atoms with Crippen molar-refractivity contribution in [1.82, 2.24) is 5.01 Å². The van der Waals surface area contributed by atoms with Crippen LogP contribution in [0.15, 0.2) is 29.4 Å². The smallest absolute Gasteiger partial charge is 0.237 e. The van der Waals surface area contributed by atoms with Gasteiger partial charge in [-0.2, -0.15) is 11.5 Å². The van der Waals surface area contributed by atoms with Crippen molar-refractivity contribution >= 4 is 11.6 Å². The van der Waals surface area contributed by atoms with Crippen molar-refractivity contribution in [2.24, 2.45) is 28.8 Å². The predicted molar refractivity (Wildman–Crippen MR) is 112 cm³/mol. The number of piperidine rings is 1. The lowest BCUT2D eigenvalue weighted by molar-refractivity contribution is -0.125. The predicted octanol–water partition coefficient (Wildman–Crippen LogP) is 4.78. The van der Waals surface area contributed by atoms with Gasteiger partial charge in [0.15, 0.2) is 0 Å². The fourth-order valence-electron chi connectivity index (χ4n) is 6.11. The summed E-state index contributed by atoms with van der Waals surface area (Å²) < 4.78 is 0. The van der Waals surface area contributed by atoms with E-state index in [4.69, 9.17) is 12.1 Å². The Labute approximate surface area is 171 Å². The summed E-state index contributed by atoms with van der Waals surface area (Å²) >= 11 is 0. The Kier molecular flexibility index (Phi) is 5.14. The van der Waals surface area contributed by atoms with Crippen molar-refractivity contribution < 1.29 is 4.79 Å². The van der Waals surface area contributed by atoms with Crippen LogP contribution in [0.5, 0.6) is 0 Å². The number of amides is 1. The lowest BCUT2D eigenvalue weighted by Crippen LogP contribution is -2.59. The molecule has 7 heteroatoms. The monoisotopic (exact) mass is 392 g/mol. The zero-order valence-electron chi connectivity index (χ0n) is 17.1. The molecule has 1 N–H and O–H groups in total. The van der Waals surface area contributed by atoms with E-state index in [-0.39, 0.29) is 18.5 Å². The molecule has 0 radical (unpaired) electrons. The van der Waals surface area contributed by atoms with Crippen molar-refractivity contribution in [3.63, 3.8) is 0 Å². The van der Waals surface area contributed by atoms with E-state index in [1.807, 2.05) is 29.3 Å². The summed E-state index contributed by atoms with van der Waals surface area (Å²) in [7, 11) is 0. The van der Waals surface area contributed by atoms with E-state index in [9.17, 15) is 4.79 Å². The number of azide groups is 1. The molecule has 0 spiro atoms. The molecule has 1 saturated carbocycles. The normalized spacial score (nSPS) is 35.7. The molecule has 1 saturated heterocycles. The Morgan fingerprint density at radius 1 is 1.34 bits per heavy atom. The number of carbonyl (C=O) groups excluding carboxylic acids is 1. The Hall–Kier alpha value is -2.71. The van der Waals surface area contributed by atoms with Gasteiger partial charge in [-0.3, -0.25) is 4.79 Å². The second kappa shape index (κ2) is 7.61. The van der Waals surface area contributed by atoms with E-state index >= 15 is 0 Å². The number of benzene rings is 1. The van der Waals surface area contributed by atoms with Gasteiger partial charge in [-0.1, -0.05) is 43.6 Å². The molecule has 2 fully saturated rings. The molecule has 1 aromatic carbocycles. The second-order valence-corrected chi connectivity index (χ2v) is 8.99. The molecule has 6 atom stereocenters. The number of anilines is 1. The van der Waals surface area contributed by atoms with Gasteiger partial charge in [-0.25, -0.2) is 0 Å². The average Bonchev–Trinajstić information content (AvgIpc) is 3.02. The van der Waals surface area contributed by atoms with Crippen LogP contribution < -0.4 is 5.32 Å². The molecule has 3 aliphatic rings. The maximum absolute atomic E-state index is 13.4. The van der Waals surface area contributed by atoms with Crippen molar-refractivity contribution in [3.05, 3.63) is 51.8 Å². The number of rotatable bonds is 4. The van der Waals surface area contributed by atoms with Crippen LogP contribution in [0.1, 0.15) is 45.1 Å². The number of para-hydroxylation sites is 1. The summed E-state index contributed by atoms with van der Waals surface area (Å²) in [5.41, 5.74) is 9.70. The van der Waals surface area contributed by atoms with Crippen LogP contribution in [-0.2, 0) is 10.2 Å². The zero-order chi connectivity index (χ0) is 20.6. The molecule has 2 aliphatic heterocycles.